The smallest absolute Gasteiger partial charge is 0.246 e. The molecule has 0 spiro atoms. The minimum absolute atomic E-state index is 0.0622. The number of aryl methyl sites for hydroxylation is 1. The van der Waals surface area contributed by atoms with Gasteiger partial charge in [-0.15, -0.1) is 11.3 Å². The summed E-state index contributed by atoms with van der Waals surface area (Å²) in [4.78, 5) is 18.0. The van der Waals surface area contributed by atoms with Crippen LogP contribution in [0.2, 0.25) is 0 Å². The summed E-state index contributed by atoms with van der Waals surface area (Å²) in [5.74, 6) is -0.0622. The van der Waals surface area contributed by atoms with E-state index in [-0.39, 0.29) is 5.91 Å². The van der Waals surface area contributed by atoms with Gasteiger partial charge >= 0.3 is 0 Å². The van der Waals surface area contributed by atoms with Crippen LogP contribution in [0.1, 0.15) is 10.6 Å². The molecule has 13 heavy (non-hydrogen) atoms. The van der Waals surface area contributed by atoms with Gasteiger partial charge in [-0.05, 0) is 13.0 Å². The lowest BCUT2D eigenvalue weighted by Gasteiger charge is -2.13. The third-order valence-electron chi connectivity index (χ3n) is 1.78. The van der Waals surface area contributed by atoms with Gasteiger partial charge in [0.05, 0.1) is 17.7 Å². The Labute approximate surface area is 81.7 Å². The molecule has 1 rings (SSSR count). The summed E-state index contributed by atoms with van der Waals surface area (Å²) >= 11 is 1.57. The molecule has 1 amide bonds. The van der Waals surface area contributed by atoms with E-state index in [2.05, 4.69) is 11.6 Å². The molecule has 0 saturated carbocycles. The molecule has 0 aromatic carbocycles. The molecule has 0 aliphatic rings. The predicted octanol–water partition coefficient (Wildman–Crippen LogP) is 1.60. The molecule has 1 aromatic rings. The third-order valence-corrected chi connectivity index (χ3v) is 2.70. The monoisotopic (exact) mass is 196 g/mol. The first kappa shape index (κ1) is 9.92. The van der Waals surface area contributed by atoms with Crippen LogP contribution < -0.4 is 0 Å². The standard InChI is InChI=1S/C9H12N2OS/c1-4-9(12)11(3)5-8-7(2)10-6-13-8/h4,6H,1,5H2,2-3H3. The maximum absolute atomic E-state index is 11.1. The van der Waals surface area contributed by atoms with Gasteiger partial charge in [0.2, 0.25) is 5.91 Å². The molecule has 1 heterocycles. The van der Waals surface area contributed by atoms with Crippen molar-refractivity contribution in [3.63, 3.8) is 0 Å². The fraction of sp³-hybridized carbons (Fsp3) is 0.333. The fourth-order valence-electron chi connectivity index (χ4n) is 0.927. The lowest BCUT2D eigenvalue weighted by molar-refractivity contribution is -0.125. The van der Waals surface area contributed by atoms with Gasteiger partial charge in [-0.1, -0.05) is 6.58 Å². The van der Waals surface area contributed by atoms with Crippen LogP contribution in [0.25, 0.3) is 0 Å². The zero-order valence-corrected chi connectivity index (χ0v) is 8.60. The predicted molar refractivity (Wildman–Crippen MR) is 53.5 cm³/mol. The summed E-state index contributed by atoms with van der Waals surface area (Å²) in [5.41, 5.74) is 2.78. The minimum atomic E-state index is -0.0622. The topological polar surface area (TPSA) is 33.2 Å². The maximum Gasteiger partial charge on any atom is 0.246 e. The summed E-state index contributed by atoms with van der Waals surface area (Å²) in [6, 6.07) is 0. The Bertz CT molecular complexity index is 319. The maximum atomic E-state index is 11.1. The quantitative estimate of drug-likeness (QED) is 0.688. The summed E-state index contributed by atoms with van der Waals surface area (Å²) in [6.07, 6.45) is 1.32. The van der Waals surface area contributed by atoms with Crippen molar-refractivity contribution in [2.45, 2.75) is 13.5 Å². The van der Waals surface area contributed by atoms with E-state index in [1.807, 2.05) is 6.92 Å². The van der Waals surface area contributed by atoms with Crippen LogP contribution in [0.15, 0.2) is 18.2 Å². The Hall–Kier alpha value is -1.16. The first-order valence-corrected chi connectivity index (χ1v) is 4.79. The number of likely N-dealkylation sites (N-methyl/N-ethyl adjacent to an activating group) is 1. The second kappa shape index (κ2) is 4.18. The second-order valence-corrected chi connectivity index (χ2v) is 3.70. The van der Waals surface area contributed by atoms with E-state index in [9.17, 15) is 4.79 Å². The molecule has 0 aliphatic heterocycles. The van der Waals surface area contributed by atoms with Crippen LogP contribution in [0.5, 0.6) is 0 Å². The average molecular weight is 196 g/mol. The molecule has 0 unspecified atom stereocenters. The molecule has 0 bridgehead atoms. The Morgan fingerprint density at radius 1 is 1.85 bits per heavy atom. The number of hydrogen-bond acceptors (Lipinski definition) is 3. The summed E-state index contributed by atoms with van der Waals surface area (Å²) in [6.45, 7) is 5.98. The van der Waals surface area contributed by atoms with Gasteiger partial charge in [0.15, 0.2) is 0 Å². The van der Waals surface area contributed by atoms with Gasteiger partial charge in [0.25, 0.3) is 0 Å². The Morgan fingerprint density at radius 2 is 2.54 bits per heavy atom. The molecule has 3 nitrogen and oxygen atoms in total. The third kappa shape index (κ3) is 2.39. The second-order valence-electron chi connectivity index (χ2n) is 2.76. The van der Waals surface area contributed by atoms with Gasteiger partial charge in [-0.2, -0.15) is 0 Å². The van der Waals surface area contributed by atoms with Gasteiger partial charge in [-0.3, -0.25) is 4.79 Å². The Balaban J connectivity index is 2.64. The normalized spacial score (nSPS) is 9.69. The molecule has 0 radical (unpaired) electrons. The highest BCUT2D eigenvalue weighted by Gasteiger charge is 2.08. The van der Waals surface area contributed by atoms with Crippen LogP contribution in [0.3, 0.4) is 0 Å². The summed E-state index contributed by atoms with van der Waals surface area (Å²) < 4.78 is 0. The van der Waals surface area contributed by atoms with Gasteiger partial charge in [-0.25, -0.2) is 4.98 Å². The number of thiazole rings is 1. The molecule has 1 aromatic heterocycles. The summed E-state index contributed by atoms with van der Waals surface area (Å²) in [5, 5.41) is 0. The van der Waals surface area contributed by atoms with Crippen molar-refractivity contribution in [1.82, 2.24) is 9.88 Å². The molecule has 0 saturated heterocycles. The first-order chi connectivity index (χ1) is 6.15. The van der Waals surface area contributed by atoms with Gasteiger partial charge in [0, 0.05) is 11.9 Å². The van der Waals surface area contributed by atoms with E-state index in [1.54, 1.807) is 28.8 Å². The molecule has 0 aliphatic carbocycles. The molecular weight excluding hydrogens is 184 g/mol. The molecule has 70 valence electrons. The first-order valence-electron chi connectivity index (χ1n) is 3.91. The highest BCUT2D eigenvalue weighted by molar-refractivity contribution is 7.09. The number of carbonyl (C=O) groups excluding carboxylic acids is 1. The zero-order chi connectivity index (χ0) is 9.84. The van der Waals surface area contributed by atoms with Crippen molar-refractivity contribution in [2.75, 3.05) is 7.05 Å². The average Bonchev–Trinajstić information content (AvgIpc) is 2.50. The van der Waals surface area contributed by atoms with E-state index >= 15 is 0 Å². The fourth-order valence-corrected chi connectivity index (χ4v) is 1.76. The molecule has 4 heteroatoms. The van der Waals surface area contributed by atoms with E-state index < -0.39 is 0 Å². The lowest BCUT2D eigenvalue weighted by atomic mass is 10.3. The van der Waals surface area contributed by atoms with E-state index in [1.165, 1.54) is 6.08 Å². The SMILES string of the molecule is C=CC(=O)N(C)Cc1scnc1C. The number of nitrogens with zero attached hydrogens (tertiary/aromatic N) is 2. The Kier molecular flexibility index (Phi) is 3.19. The van der Waals surface area contributed by atoms with Crippen LogP contribution in [-0.2, 0) is 11.3 Å². The zero-order valence-electron chi connectivity index (χ0n) is 7.78. The molecular formula is C9H12N2OS. The number of hydrogen-bond donors (Lipinski definition) is 0. The van der Waals surface area contributed by atoms with Crippen LogP contribution >= 0.6 is 11.3 Å². The highest BCUT2D eigenvalue weighted by atomic mass is 32.1. The summed E-state index contributed by atoms with van der Waals surface area (Å²) in [7, 11) is 1.75. The molecule has 0 N–H and O–H groups in total. The lowest BCUT2D eigenvalue weighted by Crippen LogP contribution is -2.23. The number of rotatable bonds is 3. The van der Waals surface area contributed by atoms with Gasteiger partial charge < -0.3 is 4.90 Å². The number of carbonyl (C=O) groups is 1. The van der Waals surface area contributed by atoms with E-state index in [0.29, 0.717) is 6.54 Å². The van der Waals surface area contributed by atoms with Crippen LogP contribution in [0, 0.1) is 6.92 Å². The van der Waals surface area contributed by atoms with Crippen LogP contribution in [0.4, 0.5) is 0 Å². The van der Waals surface area contributed by atoms with Crippen molar-refractivity contribution < 1.29 is 4.79 Å². The number of amides is 1. The minimum Gasteiger partial charge on any atom is -0.337 e. The van der Waals surface area contributed by atoms with Crippen molar-refractivity contribution in [2.24, 2.45) is 0 Å². The van der Waals surface area contributed by atoms with E-state index in [0.717, 1.165) is 10.6 Å². The van der Waals surface area contributed by atoms with Crippen molar-refractivity contribution >= 4 is 17.2 Å². The van der Waals surface area contributed by atoms with Crippen molar-refractivity contribution in [3.05, 3.63) is 28.7 Å². The van der Waals surface area contributed by atoms with Crippen molar-refractivity contribution in [3.8, 4) is 0 Å². The van der Waals surface area contributed by atoms with Crippen molar-refractivity contribution in [1.29, 1.82) is 0 Å². The molecule has 0 fully saturated rings. The van der Waals surface area contributed by atoms with E-state index in [4.69, 9.17) is 0 Å². The van der Waals surface area contributed by atoms with Crippen LogP contribution in [-0.4, -0.2) is 22.8 Å². The molecule has 0 atom stereocenters. The highest BCUT2D eigenvalue weighted by Crippen LogP contribution is 2.13. The largest absolute Gasteiger partial charge is 0.337 e. The Morgan fingerprint density at radius 3 is 3.00 bits per heavy atom. The number of aromatic nitrogens is 1. The van der Waals surface area contributed by atoms with Gasteiger partial charge in [0.1, 0.15) is 0 Å².